The van der Waals surface area contributed by atoms with Crippen LogP contribution in [0.3, 0.4) is 0 Å². The average Bonchev–Trinajstić information content (AvgIpc) is 3.24. The lowest BCUT2D eigenvalue weighted by atomic mass is 10.1. The number of piperazine rings is 1. The first kappa shape index (κ1) is 19.1. The number of aliphatic imine (C=N–C) groups is 1. The first-order valence-electron chi connectivity index (χ1n) is 9.17. The molecule has 27 heavy (non-hydrogen) atoms. The maximum Gasteiger partial charge on any atom is 0.251 e. The molecule has 0 saturated carbocycles. The van der Waals surface area contributed by atoms with Gasteiger partial charge in [-0.15, -0.1) is 0 Å². The Morgan fingerprint density at radius 1 is 1.37 bits per heavy atom. The van der Waals surface area contributed by atoms with Crippen LogP contribution in [0.2, 0.25) is 0 Å². The molecule has 0 aromatic heterocycles. The summed E-state index contributed by atoms with van der Waals surface area (Å²) >= 11 is 0. The molecule has 2 fully saturated rings. The molecule has 0 radical (unpaired) electrons. The molecule has 1 aromatic rings. The number of hydrogen-bond donors (Lipinski definition) is 1. The second-order valence-electron chi connectivity index (χ2n) is 6.63. The molecule has 7 nitrogen and oxygen atoms in total. The van der Waals surface area contributed by atoms with Crippen molar-refractivity contribution >= 4 is 11.9 Å². The van der Waals surface area contributed by atoms with Crippen LogP contribution < -0.4 is 5.32 Å². The normalized spacial score (nSPS) is 20.5. The van der Waals surface area contributed by atoms with Crippen molar-refractivity contribution in [3.05, 3.63) is 35.1 Å². The van der Waals surface area contributed by atoms with E-state index in [0.29, 0.717) is 49.9 Å². The van der Waals surface area contributed by atoms with Crippen molar-refractivity contribution < 1.29 is 13.9 Å². The summed E-state index contributed by atoms with van der Waals surface area (Å²) in [6, 6.07) is 6.31. The molecule has 1 unspecified atom stereocenters. The van der Waals surface area contributed by atoms with Crippen LogP contribution in [0, 0.1) is 17.1 Å². The molecule has 2 aliphatic rings. The van der Waals surface area contributed by atoms with Crippen LogP contribution >= 0.6 is 0 Å². The number of nitrogens with one attached hydrogen (secondary N) is 1. The Balaban J connectivity index is 1.53. The van der Waals surface area contributed by atoms with Gasteiger partial charge in [0.2, 0.25) is 0 Å². The van der Waals surface area contributed by atoms with E-state index in [9.17, 15) is 9.18 Å². The van der Waals surface area contributed by atoms with Gasteiger partial charge in [0.1, 0.15) is 11.9 Å². The lowest BCUT2D eigenvalue weighted by Crippen LogP contribution is -2.55. The number of nitriles is 1. The maximum atomic E-state index is 13.9. The van der Waals surface area contributed by atoms with E-state index in [1.165, 1.54) is 18.2 Å². The third-order valence-corrected chi connectivity index (χ3v) is 4.92. The summed E-state index contributed by atoms with van der Waals surface area (Å²) in [4.78, 5) is 20.6. The van der Waals surface area contributed by atoms with Crippen molar-refractivity contribution in [1.82, 2.24) is 15.1 Å². The van der Waals surface area contributed by atoms with Gasteiger partial charge in [-0.1, -0.05) is 0 Å². The molecule has 0 aliphatic carbocycles. The molecular formula is C19H24FN5O2. The predicted molar refractivity (Wildman–Crippen MR) is 98.4 cm³/mol. The first-order chi connectivity index (χ1) is 13.1. The summed E-state index contributed by atoms with van der Waals surface area (Å²) in [5.41, 5.74) is 0.840. The average molecular weight is 373 g/mol. The number of carbonyl (C=O) groups is 1. The van der Waals surface area contributed by atoms with Crippen LogP contribution in [0.1, 0.15) is 24.0 Å². The van der Waals surface area contributed by atoms with E-state index >= 15 is 0 Å². The molecule has 1 amide bonds. The van der Waals surface area contributed by atoms with Gasteiger partial charge in [0, 0.05) is 51.9 Å². The Hall–Kier alpha value is -2.66. The molecule has 144 valence electrons. The van der Waals surface area contributed by atoms with E-state index in [2.05, 4.69) is 10.3 Å². The van der Waals surface area contributed by atoms with Crippen LogP contribution in [-0.2, 0) is 16.1 Å². The summed E-state index contributed by atoms with van der Waals surface area (Å²) in [5, 5.41) is 12.1. The molecule has 1 atom stereocenters. The molecule has 2 heterocycles. The summed E-state index contributed by atoms with van der Waals surface area (Å²) in [6.45, 7) is 3.42. The lowest BCUT2D eigenvalue weighted by Gasteiger charge is -2.37. The fourth-order valence-electron chi connectivity index (χ4n) is 3.40. The number of halogens is 1. The molecular weight excluding hydrogens is 349 g/mol. The van der Waals surface area contributed by atoms with Crippen molar-refractivity contribution in [2.75, 3.05) is 39.8 Å². The third kappa shape index (κ3) is 4.55. The van der Waals surface area contributed by atoms with Gasteiger partial charge in [0.15, 0.2) is 5.96 Å². The van der Waals surface area contributed by atoms with Crippen LogP contribution in [0.25, 0.3) is 0 Å². The lowest BCUT2D eigenvalue weighted by molar-refractivity contribution is -0.142. The summed E-state index contributed by atoms with van der Waals surface area (Å²) in [5.74, 6) is 0.371. The van der Waals surface area contributed by atoms with Gasteiger partial charge in [0.25, 0.3) is 5.91 Å². The van der Waals surface area contributed by atoms with Crippen LogP contribution in [-0.4, -0.2) is 67.6 Å². The minimum atomic E-state index is -0.357. The number of rotatable bonds is 3. The van der Waals surface area contributed by atoms with Crippen LogP contribution in [0.4, 0.5) is 4.39 Å². The van der Waals surface area contributed by atoms with E-state index in [4.69, 9.17) is 10.00 Å². The Labute approximate surface area is 158 Å². The Morgan fingerprint density at radius 2 is 2.11 bits per heavy atom. The van der Waals surface area contributed by atoms with Gasteiger partial charge in [-0.3, -0.25) is 9.79 Å². The van der Waals surface area contributed by atoms with Gasteiger partial charge < -0.3 is 19.9 Å². The zero-order valence-electron chi connectivity index (χ0n) is 15.4. The standard InChI is InChI=1S/C19H24FN5O2/c1-22-19(23-13-15-11-14(12-21)4-5-16(15)20)25-8-6-24(7-9-25)18(26)17-3-2-10-27-17/h4-5,11,17H,2-3,6-10,13H2,1H3,(H,22,23). The molecule has 8 heteroatoms. The Morgan fingerprint density at radius 3 is 2.74 bits per heavy atom. The van der Waals surface area contributed by atoms with Crippen molar-refractivity contribution in [3.8, 4) is 6.07 Å². The number of ether oxygens (including phenoxy) is 1. The number of amides is 1. The monoisotopic (exact) mass is 373 g/mol. The van der Waals surface area contributed by atoms with Crippen LogP contribution in [0.15, 0.2) is 23.2 Å². The van der Waals surface area contributed by atoms with Gasteiger partial charge in [-0.05, 0) is 31.0 Å². The molecule has 1 aromatic carbocycles. The van der Waals surface area contributed by atoms with E-state index in [0.717, 1.165) is 12.8 Å². The largest absolute Gasteiger partial charge is 0.368 e. The molecule has 2 aliphatic heterocycles. The highest BCUT2D eigenvalue weighted by atomic mass is 19.1. The quantitative estimate of drug-likeness (QED) is 0.634. The van der Waals surface area contributed by atoms with Gasteiger partial charge in [-0.25, -0.2) is 4.39 Å². The molecule has 3 rings (SSSR count). The summed E-state index contributed by atoms with van der Waals surface area (Å²) < 4.78 is 19.4. The van der Waals surface area contributed by atoms with Crippen molar-refractivity contribution in [2.45, 2.75) is 25.5 Å². The van der Waals surface area contributed by atoms with Gasteiger partial charge in [-0.2, -0.15) is 5.26 Å². The van der Waals surface area contributed by atoms with E-state index in [-0.39, 0.29) is 24.4 Å². The van der Waals surface area contributed by atoms with Crippen LogP contribution in [0.5, 0.6) is 0 Å². The van der Waals surface area contributed by atoms with Crippen molar-refractivity contribution in [1.29, 1.82) is 5.26 Å². The highest BCUT2D eigenvalue weighted by molar-refractivity contribution is 5.82. The van der Waals surface area contributed by atoms with E-state index in [1.54, 1.807) is 7.05 Å². The van der Waals surface area contributed by atoms with Gasteiger partial charge >= 0.3 is 0 Å². The Bertz CT molecular complexity index is 747. The van der Waals surface area contributed by atoms with Crippen molar-refractivity contribution in [3.63, 3.8) is 0 Å². The molecule has 0 spiro atoms. The van der Waals surface area contributed by atoms with E-state index in [1.807, 2.05) is 15.9 Å². The fourth-order valence-corrected chi connectivity index (χ4v) is 3.40. The maximum absolute atomic E-state index is 13.9. The summed E-state index contributed by atoms with van der Waals surface area (Å²) in [7, 11) is 1.67. The van der Waals surface area contributed by atoms with Gasteiger partial charge in [0.05, 0.1) is 11.6 Å². The van der Waals surface area contributed by atoms with Crippen molar-refractivity contribution in [2.24, 2.45) is 4.99 Å². The zero-order chi connectivity index (χ0) is 19.2. The second-order valence-corrected chi connectivity index (χ2v) is 6.63. The second kappa shape index (κ2) is 8.82. The Kier molecular flexibility index (Phi) is 6.24. The SMILES string of the molecule is CN=C(NCc1cc(C#N)ccc1F)N1CCN(C(=O)C2CCCO2)CC1. The number of nitrogens with zero attached hydrogens (tertiary/aromatic N) is 4. The first-order valence-corrected chi connectivity index (χ1v) is 9.17. The number of guanidine groups is 1. The summed E-state index contributed by atoms with van der Waals surface area (Å²) in [6.07, 6.45) is 1.45. The smallest absolute Gasteiger partial charge is 0.251 e. The molecule has 0 bridgehead atoms. The fraction of sp³-hybridized carbons (Fsp3) is 0.526. The molecule has 1 N–H and O–H groups in total. The van der Waals surface area contributed by atoms with E-state index < -0.39 is 0 Å². The minimum absolute atomic E-state index is 0.0745. The highest BCUT2D eigenvalue weighted by Gasteiger charge is 2.30. The predicted octanol–water partition coefficient (Wildman–Crippen LogP) is 1.10. The molecule has 2 saturated heterocycles. The topological polar surface area (TPSA) is 81.0 Å². The third-order valence-electron chi connectivity index (χ3n) is 4.92. The number of benzene rings is 1. The number of carbonyl (C=O) groups excluding carboxylic acids is 1. The minimum Gasteiger partial charge on any atom is -0.368 e. The number of hydrogen-bond acceptors (Lipinski definition) is 4. The highest BCUT2D eigenvalue weighted by Crippen LogP contribution is 2.16. The zero-order valence-corrected chi connectivity index (χ0v) is 15.4.